The van der Waals surface area contributed by atoms with Gasteiger partial charge in [-0.2, -0.15) is 5.10 Å². The minimum absolute atomic E-state index is 0.278. The van der Waals surface area contributed by atoms with E-state index in [1.54, 1.807) is 6.20 Å². The molecule has 1 aliphatic rings. The van der Waals surface area contributed by atoms with Gasteiger partial charge in [0.05, 0.1) is 0 Å². The molecule has 1 unspecified atom stereocenters. The number of hydrogen-bond acceptors (Lipinski definition) is 2. The number of aromatic nitrogens is 2. The monoisotopic (exact) mass is 263 g/mol. The van der Waals surface area contributed by atoms with Crippen molar-refractivity contribution in [2.24, 2.45) is 11.8 Å². The van der Waals surface area contributed by atoms with Crippen LogP contribution in [0.1, 0.15) is 39.5 Å². The van der Waals surface area contributed by atoms with E-state index in [1.165, 1.54) is 6.42 Å². The van der Waals surface area contributed by atoms with E-state index in [0.29, 0.717) is 13.0 Å². The number of rotatable bonds is 4. The lowest BCUT2D eigenvalue weighted by Gasteiger charge is -2.21. The quantitative estimate of drug-likeness (QED) is 0.837. The molecule has 0 aromatic carbocycles. The molecule has 106 valence electrons. The molecular formula is C15H25N3O. The predicted octanol–water partition coefficient (Wildman–Crippen LogP) is 2.56. The maximum Gasteiger partial charge on any atom is 0.224 e. The molecule has 0 aliphatic carbocycles. The first-order valence-corrected chi connectivity index (χ1v) is 7.42. The van der Waals surface area contributed by atoms with Gasteiger partial charge in [0, 0.05) is 38.4 Å². The standard InChI is InChI=1S/C15H25N3O/c1-13(2)14-5-3-9-17(11-6-14)15(19)7-12-18-10-4-8-16-18/h4,8,10,13-14H,3,5-7,9,11-12H2,1-2H3. The van der Waals surface area contributed by atoms with Crippen molar-refractivity contribution in [1.82, 2.24) is 14.7 Å². The highest BCUT2D eigenvalue weighted by molar-refractivity contribution is 5.76. The lowest BCUT2D eigenvalue weighted by molar-refractivity contribution is -0.131. The zero-order valence-electron chi connectivity index (χ0n) is 12.1. The number of carbonyl (C=O) groups excluding carboxylic acids is 1. The summed E-state index contributed by atoms with van der Waals surface area (Å²) in [5.74, 6) is 1.79. The van der Waals surface area contributed by atoms with Crippen LogP contribution in [0.4, 0.5) is 0 Å². The van der Waals surface area contributed by atoms with Gasteiger partial charge in [-0.05, 0) is 37.2 Å². The summed E-state index contributed by atoms with van der Waals surface area (Å²) < 4.78 is 1.83. The van der Waals surface area contributed by atoms with Crippen LogP contribution in [0.3, 0.4) is 0 Å². The lowest BCUT2D eigenvalue weighted by atomic mass is 9.89. The summed E-state index contributed by atoms with van der Waals surface area (Å²) in [5, 5.41) is 4.13. The third-order valence-electron chi connectivity index (χ3n) is 4.18. The van der Waals surface area contributed by atoms with Crippen molar-refractivity contribution in [1.29, 1.82) is 0 Å². The molecular weight excluding hydrogens is 238 g/mol. The van der Waals surface area contributed by atoms with Crippen LogP contribution in [-0.4, -0.2) is 33.7 Å². The molecule has 0 radical (unpaired) electrons. The minimum atomic E-state index is 0.278. The summed E-state index contributed by atoms with van der Waals surface area (Å²) in [5.41, 5.74) is 0. The molecule has 2 rings (SSSR count). The summed E-state index contributed by atoms with van der Waals surface area (Å²) in [6.07, 6.45) is 7.80. The van der Waals surface area contributed by atoms with Gasteiger partial charge >= 0.3 is 0 Å². The van der Waals surface area contributed by atoms with Crippen LogP contribution < -0.4 is 0 Å². The summed E-state index contributed by atoms with van der Waals surface area (Å²) in [4.78, 5) is 14.3. The molecule has 1 aromatic rings. The van der Waals surface area contributed by atoms with Crippen molar-refractivity contribution >= 4 is 5.91 Å². The third-order valence-corrected chi connectivity index (χ3v) is 4.18. The smallest absolute Gasteiger partial charge is 0.224 e. The van der Waals surface area contributed by atoms with Gasteiger partial charge < -0.3 is 4.90 Å². The number of hydrogen-bond donors (Lipinski definition) is 0. The first kappa shape index (κ1) is 14.1. The van der Waals surface area contributed by atoms with E-state index < -0.39 is 0 Å². The molecule has 0 saturated carbocycles. The average Bonchev–Trinajstić information content (AvgIpc) is 2.77. The maximum absolute atomic E-state index is 12.2. The van der Waals surface area contributed by atoms with Gasteiger partial charge in [-0.1, -0.05) is 13.8 Å². The Morgan fingerprint density at radius 3 is 2.89 bits per heavy atom. The van der Waals surface area contributed by atoms with E-state index in [-0.39, 0.29) is 5.91 Å². The van der Waals surface area contributed by atoms with Crippen LogP contribution in [0, 0.1) is 11.8 Å². The van der Waals surface area contributed by atoms with E-state index in [2.05, 4.69) is 18.9 Å². The lowest BCUT2D eigenvalue weighted by Crippen LogP contribution is -2.32. The van der Waals surface area contributed by atoms with Crippen molar-refractivity contribution in [2.75, 3.05) is 13.1 Å². The number of amides is 1. The second kappa shape index (κ2) is 6.73. The van der Waals surface area contributed by atoms with Crippen LogP contribution in [0.5, 0.6) is 0 Å². The highest BCUT2D eigenvalue weighted by Gasteiger charge is 2.22. The fourth-order valence-electron chi connectivity index (χ4n) is 2.84. The Kier molecular flexibility index (Phi) is 5.00. The zero-order valence-corrected chi connectivity index (χ0v) is 12.1. The van der Waals surface area contributed by atoms with E-state index in [4.69, 9.17) is 0 Å². The number of aryl methyl sites for hydroxylation is 1. The van der Waals surface area contributed by atoms with Gasteiger partial charge in [0.2, 0.25) is 5.91 Å². The normalized spacial score (nSPS) is 20.6. The van der Waals surface area contributed by atoms with Crippen LogP contribution in [0.2, 0.25) is 0 Å². The fraction of sp³-hybridized carbons (Fsp3) is 0.733. The molecule has 2 heterocycles. The number of carbonyl (C=O) groups is 1. The first-order valence-electron chi connectivity index (χ1n) is 7.42. The molecule has 1 amide bonds. The topological polar surface area (TPSA) is 38.1 Å². The van der Waals surface area contributed by atoms with Gasteiger partial charge in [-0.15, -0.1) is 0 Å². The second-order valence-corrected chi connectivity index (χ2v) is 5.83. The molecule has 0 spiro atoms. The van der Waals surface area contributed by atoms with E-state index in [9.17, 15) is 4.79 Å². The average molecular weight is 263 g/mol. The van der Waals surface area contributed by atoms with Crippen molar-refractivity contribution in [2.45, 2.75) is 46.1 Å². The Bertz CT molecular complexity index is 386. The van der Waals surface area contributed by atoms with Crippen molar-refractivity contribution in [3.8, 4) is 0 Å². The van der Waals surface area contributed by atoms with Crippen LogP contribution in [-0.2, 0) is 11.3 Å². The Morgan fingerprint density at radius 2 is 2.21 bits per heavy atom. The van der Waals surface area contributed by atoms with Crippen LogP contribution in [0.15, 0.2) is 18.5 Å². The molecule has 0 N–H and O–H groups in total. The second-order valence-electron chi connectivity index (χ2n) is 5.83. The molecule has 1 fully saturated rings. The number of likely N-dealkylation sites (tertiary alicyclic amines) is 1. The molecule has 1 atom stereocenters. The predicted molar refractivity (Wildman–Crippen MR) is 75.6 cm³/mol. The molecule has 1 saturated heterocycles. The summed E-state index contributed by atoms with van der Waals surface area (Å²) in [7, 11) is 0. The maximum atomic E-state index is 12.2. The Balaban J connectivity index is 1.79. The highest BCUT2D eigenvalue weighted by atomic mass is 16.2. The molecule has 1 aromatic heterocycles. The summed E-state index contributed by atoms with van der Waals surface area (Å²) in [6.45, 7) is 7.14. The van der Waals surface area contributed by atoms with Crippen molar-refractivity contribution < 1.29 is 4.79 Å². The van der Waals surface area contributed by atoms with Gasteiger partial charge in [-0.25, -0.2) is 0 Å². The molecule has 19 heavy (non-hydrogen) atoms. The highest BCUT2D eigenvalue weighted by Crippen LogP contribution is 2.24. The minimum Gasteiger partial charge on any atom is -0.343 e. The third kappa shape index (κ3) is 4.08. The van der Waals surface area contributed by atoms with E-state index in [0.717, 1.165) is 37.8 Å². The Morgan fingerprint density at radius 1 is 1.37 bits per heavy atom. The zero-order chi connectivity index (χ0) is 13.7. The number of nitrogens with zero attached hydrogens (tertiary/aromatic N) is 3. The summed E-state index contributed by atoms with van der Waals surface area (Å²) in [6, 6.07) is 1.89. The Hall–Kier alpha value is -1.32. The van der Waals surface area contributed by atoms with Gasteiger partial charge in [-0.3, -0.25) is 9.48 Å². The summed E-state index contributed by atoms with van der Waals surface area (Å²) >= 11 is 0. The van der Waals surface area contributed by atoms with E-state index in [1.807, 2.05) is 21.8 Å². The van der Waals surface area contributed by atoms with Gasteiger partial charge in [0.1, 0.15) is 0 Å². The molecule has 0 bridgehead atoms. The van der Waals surface area contributed by atoms with Crippen LogP contribution in [0.25, 0.3) is 0 Å². The Labute approximate surface area is 115 Å². The first-order chi connectivity index (χ1) is 9.16. The SMILES string of the molecule is CC(C)C1CCCN(C(=O)CCn2cccn2)CC1. The molecule has 4 heteroatoms. The van der Waals surface area contributed by atoms with E-state index >= 15 is 0 Å². The van der Waals surface area contributed by atoms with Crippen molar-refractivity contribution in [3.63, 3.8) is 0 Å². The van der Waals surface area contributed by atoms with Crippen molar-refractivity contribution in [3.05, 3.63) is 18.5 Å². The largest absolute Gasteiger partial charge is 0.343 e. The molecule has 1 aliphatic heterocycles. The van der Waals surface area contributed by atoms with Crippen LogP contribution >= 0.6 is 0 Å². The van der Waals surface area contributed by atoms with Gasteiger partial charge in [0.15, 0.2) is 0 Å². The van der Waals surface area contributed by atoms with Gasteiger partial charge in [0.25, 0.3) is 0 Å². The fourth-order valence-corrected chi connectivity index (χ4v) is 2.84. The molecule has 4 nitrogen and oxygen atoms in total.